The quantitative estimate of drug-likeness (QED) is 0.307. The van der Waals surface area contributed by atoms with Gasteiger partial charge in [-0.1, -0.05) is 80.6 Å². The number of aromatic nitrogens is 2. The number of hydrogen-bond donors (Lipinski definition) is 1. The molecule has 0 aliphatic heterocycles. The molecule has 4 nitrogen and oxygen atoms in total. The van der Waals surface area contributed by atoms with Gasteiger partial charge >= 0.3 is 0 Å². The lowest BCUT2D eigenvalue weighted by atomic mass is 10.0. The molecule has 1 heterocycles. The van der Waals surface area contributed by atoms with Crippen molar-refractivity contribution in [3.05, 3.63) is 114 Å². The van der Waals surface area contributed by atoms with Gasteiger partial charge in [0.2, 0.25) is 0 Å². The molecule has 1 N–H and O–H groups in total. The average molecular weight is 446 g/mol. The summed E-state index contributed by atoms with van der Waals surface area (Å²) in [6, 6.07) is 32.5. The molecule has 168 valence electrons. The molecule has 0 fully saturated rings. The Labute approximate surface area is 199 Å². The largest absolute Gasteiger partial charge is 0.321 e. The first-order chi connectivity index (χ1) is 16.5. The van der Waals surface area contributed by atoms with Gasteiger partial charge in [0.25, 0.3) is 5.91 Å². The molecule has 4 heteroatoms. The molecular formula is C30H27N3O. The molecule has 0 radical (unpaired) electrons. The summed E-state index contributed by atoms with van der Waals surface area (Å²) < 4.78 is 1.87. The molecule has 0 unspecified atom stereocenters. The number of nitrogens with one attached hydrogen (secondary N) is 1. The number of amides is 1. The number of aryl methyl sites for hydroxylation is 1. The summed E-state index contributed by atoms with van der Waals surface area (Å²) in [6.07, 6.45) is 0. The van der Waals surface area contributed by atoms with Crippen molar-refractivity contribution in [3.63, 3.8) is 0 Å². The minimum atomic E-state index is -0.230. The topological polar surface area (TPSA) is 46.9 Å². The van der Waals surface area contributed by atoms with Crippen LogP contribution in [0.4, 0.5) is 5.69 Å². The van der Waals surface area contributed by atoms with E-state index in [1.54, 1.807) is 0 Å². The normalized spacial score (nSPS) is 11.2. The minimum absolute atomic E-state index is 0.230. The third-order valence-corrected chi connectivity index (χ3v) is 6.17. The van der Waals surface area contributed by atoms with Gasteiger partial charge in [-0.15, -0.1) is 0 Å². The molecule has 1 aromatic heterocycles. The number of benzene rings is 4. The number of fused-ring (bicyclic) bond motifs is 1. The zero-order chi connectivity index (χ0) is 23.7. The van der Waals surface area contributed by atoms with Crippen molar-refractivity contribution in [2.45, 2.75) is 26.7 Å². The summed E-state index contributed by atoms with van der Waals surface area (Å²) in [6.45, 7) is 6.36. The van der Waals surface area contributed by atoms with Gasteiger partial charge in [-0.05, 0) is 65.1 Å². The number of anilines is 1. The Morgan fingerprint density at radius 3 is 2.26 bits per heavy atom. The van der Waals surface area contributed by atoms with Crippen molar-refractivity contribution in [1.82, 2.24) is 9.78 Å². The molecule has 5 aromatic rings. The van der Waals surface area contributed by atoms with E-state index < -0.39 is 0 Å². The smallest absolute Gasteiger partial charge is 0.276 e. The van der Waals surface area contributed by atoms with Crippen molar-refractivity contribution in [3.8, 4) is 16.9 Å². The first-order valence-electron chi connectivity index (χ1n) is 11.6. The molecule has 0 saturated carbocycles. The van der Waals surface area contributed by atoms with Crippen molar-refractivity contribution in [2.75, 3.05) is 5.32 Å². The molecule has 0 aliphatic carbocycles. The van der Waals surface area contributed by atoms with Crippen molar-refractivity contribution < 1.29 is 4.79 Å². The van der Waals surface area contributed by atoms with Crippen molar-refractivity contribution >= 4 is 22.4 Å². The standard InChI is InChI=1S/C30H27N3O/c1-20(2)22-14-16-26(17-15-22)31-30(34)27-19-29(33(32-27)28-11-7-4-8-21(28)3)25-13-12-23-9-5-6-10-24(23)18-25/h4-20H,1-3H3,(H,31,34). The average Bonchev–Trinajstić information content (AvgIpc) is 3.30. The van der Waals surface area contributed by atoms with Crippen LogP contribution in [0.1, 0.15) is 41.4 Å². The molecule has 4 aromatic carbocycles. The van der Waals surface area contributed by atoms with Crippen LogP contribution in [0.15, 0.2) is 97.1 Å². The zero-order valence-electron chi connectivity index (χ0n) is 19.6. The van der Waals surface area contributed by atoms with E-state index in [1.807, 2.05) is 65.3 Å². The predicted molar refractivity (Wildman–Crippen MR) is 140 cm³/mol. The Morgan fingerprint density at radius 2 is 1.53 bits per heavy atom. The highest BCUT2D eigenvalue weighted by atomic mass is 16.1. The van der Waals surface area contributed by atoms with Gasteiger partial charge in [0.1, 0.15) is 0 Å². The van der Waals surface area contributed by atoms with Gasteiger partial charge in [0.05, 0.1) is 11.4 Å². The van der Waals surface area contributed by atoms with E-state index in [-0.39, 0.29) is 5.91 Å². The Kier molecular flexibility index (Phi) is 5.72. The molecule has 1 amide bonds. The molecule has 0 spiro atoms. The van der Waals surface area contributed by atoms with Gasteiger partial charge in [0, 0.05) is 11.3 Å². The highest BCUT2D eigenvalue weighted by molar-refractivity contribution is 6.03. The Morgan fingerprint density at radius 1 is 0.824 bits per heavy atom. The monoisotopic (exact) mass is 445 g/mol. The fourth-order valence-corrected chi connectivity index (χ4v) is 4.18. The first-order valence-corrected chi connectivity index (χ1v) is 11.6. The maximum absolute atomic E-state index is 13.2. The molecule has 5 rings (SSSR count). The number of rotatable bonds is 5. The second-order valence-corrected chi connectivity index (χ2v) is 8.91. The molecule has 0 bridgehead atoms. The van der Waals surface area contributed by atoms with E-state index in [1.165, 1.54) is 10.9 Å². The summed E-state index contributed by atoms with van der Waals surface area (Å²) in [5.41, 5.74) is 6.29. The van der Waals surface area contributed by atoms with Crippen LogP contribution in [0.2, 0.25) is 0 Å². The van der Waals surface area contributed by atoms with Crippen LogP contribution in [0.25, 0.3) is 27.7 Å². The summed E-state index contributed by atoms with van der Waals surface area (Å²) in [4.78, 5) is 13.2. The van der Waals surface area contributed by atoms with Gasteiger partial charge in [-0.3, -0.25) is 4.79 Å². The zero-order valence-corrected chi connectivity index (χ0v) is 19.6. The fourth-order valence-electron chi connectivity index (χ4n) is 4.18. The first kappa shape index (κ1) is 21.7. The second kappa shape index (κ2) is 8.99. The molecule has 0 atom stereocenters. The summed E-state index contributed by atoms with van der Waals surface area (Å²) in [5, 5.41) is 10.1. The van der Waals surface area contributed by atoms with Gasteiger partial charge in [0.15, 0.2) is 5.69 Å². The SMILES string of the molecule is Cc1ccccc1-n1nc(C(=O)Nc2ccc(C(C)C)cc2)cc1-c1ccc2ccccc2c1. The summed E-state index contributed by atoms with van der Waals surface area (Å²) >= 11 is 0. The highest BCUT2D eigenvalue weighted by Gasteiger charge is 2.18. The van der Waals surface area contributed by atoms with Crippen LogP contribution in [0.3, 0.4) is 0 Å². The van der Waals surface area contributed by atoms with Crippen molar-refractivity contribution in [1.29, 1.82) is 0 Å². The van der Waals surface area contributed by atoms with Crippen molar-refractivity contribution in [2.24, 2.45) is 0 Å². The lowest BCUT2D eigenvalue weighted by Crippen LogP contribution is -2.13. The Hall–Kier alpha value is -4.18. The van der Waals surface area contributed by atoms with Crippen LogP contribution in [0.5, 0.6) is 0 Å². The van der Waals surface area contributed by atoms with E-state index >= 15 is 0 Å². The van der Waals surface area contributed by atoms with E-state index in [4.69, 9.17) is 5.10 Å². The Bertz CT molecular complexity index is 1480. The number of carbonyl (C=O) groups excluding carboxylic acids is 1. The molecule has 34 heavy (non-hydrogen) atoms. The predicted octanol–water partition coefficient (Wildman–Crippen LogP) is 7.38. The molecule has 0 aliphatic rings. The van der Waals surface area contributed by atoms with Crippen LogP contribution >= 0.6 is 0 Å². The van der Waals surface area contributed by atoms with Gasteiger partial charge in [-0.25, -0.2) is 4.68 Å². The van der Waals surface area contributed by atoms with Crippen LogP contribution in [-0.2, 0) is 0 Å². The number of para-hydroxylation sites is 1. The lowest BCUT2D eigenvalue weighted by molar-refractivity contribution is 0.102. The number of nitrogens with zero attached hydrogens (tertiary/aromatic N) is 2. The maximum atomic E-state index is 13.2. The highest BCUT2D eigenvalue weighted by Crippen LogP contribution is 2.29. The van der Waals surface area contributed by atoms with E-state index in [2.05, 4.69) is 62.5 Å². The van der Waals surface area contributed by atoms with Crippen LogP contribution in [0, 0.1) is 6.92 Å². The third kappa shape index (κ3) is 4.23. The van der Waals surface area contributed by atoms with Crippen LogP contribution < -0.4 is 5.32 Å². The summed E-state index contributed by atoms with van der Waals surface area (Å²) in [7, 11) is 0. The Balaban J connectivity index is 1.56. The molecular weight excluding hydrogens is 418 g/mol. The number of carbonyl (C=O) groups is 1. The second-order valence-electron chi connectivity index (χ2n) is 8.91. The van der Waals surface area contributed by atoms with E-state index in [0.717, 1.165) is 33.6 Å². The maximum Gasteiger partial charge on any atom is 0.276 e. The van der Waals surface area contributed by atoms with Crippen LogP contribution in [-0.4, -0.2) is 15.7 Å². The van der Waals surface area contributed by atoms with E-state index in [9.17, 15) is 4.79 Å². The summed E-state index contributed by atoms with van der Waals surface area (Å²) in [5.74, 6) is 0.214. The molecule has 0 saturated heterocycles. The minimum Gasteiger partial charge on any atom is -0.321 e. The third-order valence-electron chi connectivity index (χ3n) is 6.17. The number of hydrogen-bond acceptors (Lipinski definition) is 2. The van der Waals surface area contributed by atoms with Gasteiger partial charge in [-0.2, -0.15) is 5.10 Å². The van der Waals surface area contributed by atoms with E-state index in [0.29, 0.717) is 11.6 Å². The van der Waals surface area contributed by atoms with Gasteiger partial charge < -0.3 is 5.32 Å². The fraction of sp³-hybridized carbons (Fsp3) is 0.133. The lowest BCUT2D eigenvalue weighted by Gasteiger charge is -2.11.